The number of nitrogens with zero attached hydrogens (tertiary/aromatic N) is 3. The van der Waals surface area contributed by atoms with Gasteiger partial charge in [-0.25, -0.2) is 0 Å². The number of thioether (sulfide) groups is 1. The van der Waals surface area contributed by atoms with Gasteiger partial charge in [0, 0.05) is 16.8 Å². The molecule has 7 heteroatoms. The Balaban J connectivity index is 1.60. The standard InChI is InChI=1S/C20H19ClN4OS/c1-13-7-8-15(11-17(13)21)23-19(26)18(14-5-3-2-4-6-14)27-20-24-22-12-25(20)16-9-10-16/h2-8,11-12,16,18H,9-10H2,1H3,(H,23,26). The molecule has 5 nitrogen and oxygen atoms in total. The van der Waals surface area contributed by atoms with Gasteiger partial charge in [-0.1, -0.05) is 59.8 Å². The van der Waals surface area contributed by atoms with Gasteiger partial charge < -0.3 is 9.88 Å². The number of aryl methyl sites for hydroxylation is 1. The van der Waals surface area contributed by atoms with E-state index in [1.807, 2.05) is 49.4 Å². The molecule has 0 spiro atoms. The summed E-state index contributed by atoms with van der Waals surface area (Å²) < 4.78 is 2.07. The number of aromatic nitrogens is 3. The van der Waals surface area contributed by atoms with Gasteiger partial charge in [0.05, 0.1) is 0 Å². The zero-order chi connectivity index (χ0) is 18.8. The van der Waals surface area contributed by atoms with Gasteiger partial charge in [0.15, 0.2) is 5.16 Å². The summed E-state index contributed by atoms with van der Waals surface area (Å²) in [7, 11) is 0. The minimum atomic E-state index is -0.437. The number of amides is 1. The number of nitrogens with one attached hydrogen (secondary N) is 1. The number of carbonyl (C=O) groups excluding carboxylic acids is 1. The molecule has 27 heavy (non-hydrogen) atoms. The van der Waals surface area contributed by atoms with E-state index in [1.165, 1.54) is 11.8 Å². The lowest BCUT2D eigenvalue weighted by Gasteiger charge is -2.17. The lowest BCUT2D eigenvalue weighted by Crippen LogP contribution is -2.19. The zero-order valence-electron chi connectivity index (χ0n) is 14.8. The van der Waals surface area contributed by atoms with Crippen molar-refractivity contribution in [2.45, 2.75) is 36.2 Å². The fourth-order valence-corrected chi connectivity index (χ4v) is 4.07. The minimum Gasteiger partial charge on any atom is -0.325 e. The number of anilines is 1. The Labute approximate surface area is 167 Å². The van der Waals surface area contributed by atoms with Crippen LogP contribution in [0.2, 0.25) is 5.02 Å². The molecule has 1 aliphatic rings. The summed E-state index contributed by atoms with van der Waals surface area (Å²) in [5.74, 6) is -0.114. The molecule has 1 aliphatic carbocycles. The SMILES string of the molecule is Cc1ccc(NC(=O)C(Sc2nncn2C2CC2)c2ccccc2)cc1Cl. The van der Waals surface area contributed by atoms with Crippen LogP contribution in [-0.2, 0) is 4.79 Å². The normalized spacial score (nSPS) is 14.7. The van der Waals surface area contributed by atoms with Crippen LogP contribution < -0.4 is 5.32 Å². The highest BCUT2D eigenvalue weighted by Crippen LogP contribution is 2.41. The summed E-state index contributed by atoms with van der Waals surface area (Å²) in [5, 5.41) is 12.2. The maximum absolute atomic E-state index is 13.1. The molecular formula is C20H19ClN4OS. The number of hydrogen-bond acceptors (Lipinski definition) is 4. The van der Waals surface area contributed by atoms with E-state index in [-0.39, 0.29) is 5.91 Å². The number of carbonyl (C=O) groups is 1. The van der Waals surface area contributed by atoms with Crippen molar-refractivity contribution in [3.8, 4) is 0 Å². The Hall–Kier alpha value is -2.31. The molecule has 1 fully saturated rings. The zero-order valence-corrected chi connectivity index (χ0v) is 16.4. The molecule has 2 aromatic carbocycles. The minimum absolute atomic E-state index is 0.114. The van der Waals surface area contributed by atoms with Gasteiger partial charge in [0.25, 0.3) is 0 Å². The predicted octanol–water partition coefficient (Wildman–Crippen LogP) is 5.05. The summed E-state index contributed by atoms with van der Waals surface area (Å²) in [6, 6.07) is 15.7. The van der Waals surface area contributed by atoms with Crippen molar-refractivity contribution in [2.75, 3.05) is 5.32 Å². The first-order valence-electron chi connectivity index (χ1n) is 8.80. The van der Waals surface area contributed by atoms with Crippen molar-refractivity contribution >= 4 is 35.0 Å². The first-order chi connectivity index (χ1) is 13.1. The van der Waals surface area contributed by atoms with Gasteiger partial charge in [-0.05, 0) is 43.0 Å². The summed E-state index contributed by atoms with van der Waals surface area (Å²) in [6.07, 6.45) is 4.02. The molecule has 1 heterocycles. The van der Waals surface area contributed by atoms with E-state index in [9.17, 15) is 4.79 Å². The van der Waals surface area contributed by atoms with Crippen molar-refractivity contribution in [3.63, 3.8) is 0 Å². The van der Waals surface area contributed by atoms with E-state index >= 15 is 0 Å². The third kappa shape index (κ3) is 4.17. The molecule has 0 radical (unpaired) electrons. The summed E-state index contributed by atoms with van der Waals surface area (Å²) >= 11 is 7.62. The average Bonchev–Trinajstić information content (AvgIpc) is 3.41. The van der Waals surface area contributed by atoms with E-state index in [0.717, 1.165) is 29.1 Å². The van der Waals surface area contributed by atoms with Crippen LogP contribution in [0.1, 0.15) is 35.3 Å². The largest absolute Gasteiger partial charge is 0.325 e. The number of halogens is 1. The van der Waals surface area contributed by atoms with E-state index in [0.29, 0.717) is 16.8 Å². The quantitative estimate of drug-likeness (QED) is 0.590. The highest BCUT2D eigenvalue weighted by molar-refractivity contribution is 8.00. The molecule has 0 saturated heterocycles. The predicted molar refractivity (Wildman–Crippen MR) is 108 cm³/mol. The molecule has 1 unspecified atom stereocenters. The maximum Gasteiger partial charge on any atom is 0.242 e. The number of rotatable bonds is 6. The summed E-state index contributed by atoms with van der Waals surface area (Å²) in [5.41, 5.74) is 2.57. The van der Waals surface area contributed by atoms with Gasteiger partial charge in [0.1, 0.15) is 11.6 Å². The van der Waals surface area contributed by atoms with Gasteiger partial charge in [-0.3, -0.25) is 4.79 Å². The fourth-order valence-electron chi connectivity index (χ4n) is 2.80. The smallest absolute Gasteiger partial charge is 0.242 e. The number of benzene rings is 2. The second-order valence-corrected chi connectivity index (χ2v) is 8.09. The van der Waals surface area contributed by atoms with E-state index in [2.05, 4.69) is 20.1 Å². The van der Waals surface area contributed by atoms with Crippen LogP contribution in [0.4, 0.5) is 5.69 Å². The highest BCUT2D eigenvalue weighted by Gasteiger charge is 2.30. The Morgan fingerprint density at radius 1 is 1.26 bits per heavy atom. The van der Waals surface area contributed by atoms with E-state index in [1.54, 1.807) is 12.4 Å². The van der Waals surface area contributed by atoms with Crippen LogP contribution in [0.5, 0.6) is 0 Å². The van der Waals surface area contributed by atoms with Crippen molar-refractivity contribution < 1.29 is 4.79 Å². The molecule has 4 rings (SSSR count). The molecule has 1 aromatic heterocycles. The third-order valence-electron chi connectivity index (χ3n) is 4.48. The lowest BCUT2D eigenvalue weighted by atomic mass is 10.1. The lowest BCUT2D eigenvalue weighted by molar-refractivity contribution is -0.115. The van der Waals surface area contributed by atoms with Gasteiger partial charge in [-0.15, -0.1) is 10.2 Å². The van der Waals surface area contributed by atoms with Crippen LogP contribution in [0.3, 0.4) is 0 Å². The maximum atomic E-state index is 13.1. The topological polar surface area (TPSA) is 59.8 Å². The molecule has 1 atom stereocenters. The molecule has 138 valence electrons. The Morgan fingerprint density at radius 2 is 2.04 bits per heavy atom. The van der Waals surface area contributed by atoms with Crippen LogP contribution in [0.25, 0.3) is 0 Å². The van der Waals surface area contributed by atoms with Crippen molar-refractivity contribution in [1.82, 2.24) is 14.8 Å². The van der Waals surface area contributed by atoms with Crippen LogP contribution >= 0.6 is 23.4 Å². The van der Waals surface area contributed by atoms with Crippen molar-refractivity contribution in [1.29, 1.82) is 0 Å². The number of hydrogen-bond donors (Lipinski definition) is 1. The third-order valence-corrected chi connectivity index (χ3v) is 6.12. The van der Waals surface area contributed by atoms with Crippen LogP contribution in [0.15, 0.2) is 60.0 Å². The monoisotopic (exact) mass is 398 g/mol. The molecule has 1 amide bonds. The second-order valence-electron chi connectivity index (χ2n) is 6.61. The van der Waals surface area contributed by atoms with E-state index < -0.39 is 5.25 Å². The fraction of sp³-hybridized carbons (Fsp3) is 0.250. The molecule has 1 N–H and O–H groups in total. The highest BCUT2D eigenvalue weighted by atomic mass is 35.5. The molecule has 1 saturated carbocycles. The second kappa shape index (κ2) is 7.74. The van der Waals surface area contributed by atoms with Gasteiger partial charge >= 0.3 is 0 Å². The summed E-state index contributed by atoms with van der Waals surface area (Å²) in [4.78, 5) is 13.1. The van der Waals surface area contributed by atoms with Gasteiger partial charge in [-0.2, -0.15) is 0 Å². The Kier molecular flexibility index (Phi) is 5.18. The summed E-state index contributed by atoms with van der Waals surface area (Å²) in [6.45, 7) is 1.93. The van der Waals surface area contributed by atoms with Gasteiger partial charge in [0.2, 0.25) is 5.91 Å². The van der Waals surface area contributed by atoms with Crippen LogP contribution in [0, 0.1) is 6.92 Å². The Morgan fingerprint density at radius 3 is 2.74 bits per heavy atom. The molecule has 3 aromatic rings. The Bertz CT molecular complexity index is 956. The van der Waals surface area contributed by atoms with Crippen molar-refractivity contribution in [3.05, 3.63) is 71.0 Å². The first kappa shape index (κ1) is 18.1. The van der Waals surface area contributed by atoms with Crippen molar-refractivity contribution in [2.24, 2.45) is 0 Å². The first-order valence-corrected chi connectivity index (χ1v) is 10.1. The molecule has 0 aliphatic heterocycles. The molecule has 0 bridgehead atoms. The van der Waals surface area contributed by atoms with Crippen LogP contribution in [-0.4, -0.2) is 20.7 Å². The van der Waals surface area contributed by atoms with E-state index in [4.69, 9.17) is 11.6 Å². The average molecular weight is 399 g/mol. The molecular weight excluding hydrogens is 380 g/mol.